The number of thiol groups is 1. The highest BCUT2D eigenvalue weighted by Gasteiger charge is 2.22. The van der Waals surface area contributed by atoms with E-state index in [9.17, 15) is 14.4 Å². The predicted molar refractivity (Wildman–Crippen MR) is 68.5 cm³/mol. The highest BCUT2D eigenvalue weighted by atomic mass is 32.1. The van der Waals surface area contributed by atoms with Gasteiger partial charge >= 0.3 is 11.9 Å². The molecule has 0 rings (SSSR count). The van der Waals surface area contributed by atoms with Gasteiger partial charge in [0.15, 0.2) is 0 Å². The van der Waals surface area contributed by atoms with E-state index >= 15 is 0 Å². The maximum Gasteiger partial charge on any atom is 0.323 e. The number of carbonyl (C=O) groups excluding carboxylic acids is 2. The standard InChI is InChI=1S/C11H19NO5S/c1-3-17-10(15)4-5-12(6-9(13)14)11(16)8(2)7-18/h8,18H,3-7H2,1-2H3,(H,13,14). The van der Waals surface area contributed by atoms with Crippen molar-refractivity contribution in [2.75, 3.05) is 25.4 Å². The van der Waals surface area contributed by atoms with Crippen LogP contribution in [0.2, 0.25) is 0 Å². The first-order chi connectivity index (χ1) is 8.42. The summed E-state index contributed by atoms with van der Waals surface area (Å²) in [5.41, 5.74) is 0. The van der Waals surface area contributed by atoms with E-state index in [4.69, 9.17) is 9.84 Å². The number of aliphatic carboxylic acids is 1. The predicted octanol–water partition coefficient (Wildman–Crippen LogP) is 0.419. The van der Waals surface area contributed by atoms with Crippen molar-refractivity contribution >= 4 is 30.5 Å². The maximum atomic E-state index is 11.8. The van der Waals surface area contributed by atoms with Gasteiger partial charge in [0.1, 0.15) is 6.54 Å². The molecule has 0 spiro atoms. The van der Waals surface area contributed by atoms with Gasteiger partial charge in [-0.3, -0.25) is 14.4 Å². The molecule has 1 atom stereocenters. The van der Waals surface area contributed by atoms with Gasteiger partial charge in [-0.1, -0.05) is 6.92 Å². The summed E-state index contributed by atoms with van der Waals surface area (Å²) >= 11 is 4.00. The van der Waals surface area contributed by atoms with Crippen LogP contribution in [0.25, 0.3) is 0 Å². The number of nitrogens with zero attached hydrogens (tertiary/aromatic N) is 1. The van der Waals surface area contributed by atoms with Crippen LogP contribution in [0.1, 0.15) is 20.3 Å². The van der Waals surface area contributed by atoms with Crippen LogP contribution in [0.5, 0.6) is 0 Å². The van der Waals surface area contributed by atoms with Crippen molar-refractivity contribution in [2.24, 2.45) is 5.92 Å². The summed E-state index contributed by atoms with van der Waals surface area (Å²) < 4.78 is 4.72. The van der Waals surface area contributed by atoms with Crippen molar-refractivity contribution < 1.29 is 24.2 Å². The highest BCUT2D eigenvalue weighted by molar-refractivity contribution is 7.80. The molecule has 0 aliphatic heterocycles. The van der Waals surface area contributed by atoms with Crippen LogP contribution in [0, 0.1) is 5.92 Å². The van der Waals surface area contributed by atoms with Crippen LogP contribution in [0.4, 0.5) is 0 Å². The molecule has 1 unspecified atom stereocenters. The van der Waals surface area contributed by atoms with E-state index in [0.29, 0.717) is 5.75 Å². The molecule has 18 heavy (non-hydrogen) atoms. The monoisotopic (exact) mass is 277 g/mol. The first kappa shape index (κ1) is 16.8. The number of carboxylic acids is 1. The largest absolute Gasteiger partial charge is 0.480 e. The van der Waals surface area contributed by atoms with Crippen molar-refractivity contribution in [2.45, 2.75) is 20.3 Å². The molecule has 7 heteroatoms. The summed E-state index contributed by atoms with van der Waals surface area (Å²) in [7, 11) is 0. The van der Waals surface area contributed by atoms with Crippen molar-refractivity contribution in [3.05, 3.63) is 0 Å². The Balaban J connectivity index is 4.44. The maximum absolute atomic E-state index is 11.8. The van der Waals surface area contributed by atoms with E-state index in [2.05, 4.69) is 12.6 Å². The van der Waals surface area contributed by atoms with Gasteiger partial charge in [0.05, 0.1) is 13.0 Å². The Morgan fingerprint density at radius 1 is 1.39 bits per heavy atom. The molecule has 0 aromatic rings. The zero-order valence-electron chi connectivity index (χ0n) is 10.6. The third-order valence-electron chi connectivity index (χ3n) is 2.22. The molecule has 0 radical (unpaired) electrons. The van der Waals surface area contributed by atoms with Crippen LogP contribution in [0.15, 0.2) is 0 Å². The Hall–Kier alpha value is -1.24. The van der Waals surface area contributed by atoms with Crippen LogP contribution >= 0.6 is 12.6 Å². The lowest BCUT2D eigenvalue weighted by atomic mass is 10.2. The number of rotatable bonds is 8. The molecule has 1 N–H and O–H groups in total. The van der Waals surface area contributed by atoms with Gasteiger partial charge in [-0.2, -0.15) is 12.6 Å². The molecule has 1 amide bonds. The third kappa shape index (κ3) is 6.48. The molecule has 0 saturated carbocycles. The summed E-state index contributed by atoms with van der Waals surface area (Å²) in [5.74, 6) is -1.93. The van der Waals surface area contributed by atoms with E-state index in [0.717, 1.165) is 4.90 Å². The van der Waals surface area contributed by atoms with Gasteiger partial charge in [-0.25, -0.2) is 0 Å². The average molecular weight is 277 g/mol. The number of ether oxygens (including phenoxy) is 1. The van der Waals surface area contributed by atoms with Gasteiger partial charge in [0, 0.05) is 18.2 Å². The number of carboxylic acid groups (broad SMARTS) is 1. The van der Waals surface area contributed by atoms with Crippen LogP contribution in [-0.2, 0) is 19.1 Å². The van der Waals surface area contributed by atoms with Gasteiger partial charge in [-0.15, -0.1) is 0 Å². The zero-order valence-corrected chi connectivity index (χ0v) is 11.5. The van der Waals surface area contributed by atoms with Crippen LogP contribution in [-0.4, -0.2) is 53.3 Å². The topological polar surface area (TPSA) is 83.9 Å². The van der Waals surface area contributed by atoms with Crippen LogP contribution < -0.4 is 0 Å². The van der Waals surface area contributed by atoms with Crippen molar-refractivity contribution in [1.82, 2.24) is 4.90 Å². The molecule has 0 bridgehead atoms. The molecule has 6 nitrogen and oxygen atoms in total. The molecule has 0 aromatic heterocycles. The summed E-state index contributed by atoms with van der Waals surface area (Å²) in [4.78, 5) is 34.8. The Kier molecular flexibility index (Phi) is 8.19. The minimum Gasteiger partial charge on any atom is -0.480 e. The third-order valence-corrected chi connectivity index (χ3v) is 2.77. The number of carbonyl (C=O) groups is 3. The zero-order chi connectivity index (χ0) is 14.1. The van der Waals surface area contributed by atoms with E-state index < -0.39 is 18.5 Å². The summed E-state index contributed by atoms with van der Waals surface area (Å²) in [6.45, 7) is 3.23. The normalized spacial score (nSPS) is 11.7. The molecule has 0 heterocycles. The SMILES string of the molecule is CCOC(=O)CCN(CC(=O)O)C(=O)C(C)CS. The van der Waals surface area contributed by atoms with Gasteiger partial charge in [0.2, 0.25) is 5.91 Å². The molecular weight excluding hydrogens is 258 g/mol. The quantitative estimate of drug-likeness (QED) is 0.496. The number of esters is 1. The molecule has 0 aliphatic carbocycles. The second kappa shape index (κ2) is 8.79. The molecule has 104 valence electrons. The number of hydrogen-bond donors (Lipinski definition) is 2. The first-order valence-corrected chi connectivity index (χ1v) is 6.32. The molecule has 0 fully saturated rings. The molecule has 0 aliphatic rings. The van der Waals surface area contributed by atoms with Crippen molar-refractivity contribution in [3.8, 4) is 0 Å². The van der Waals surface area contributed by atoms with Gasteiger partial charge < -0.3 is 14.7 Å². The van der Waals surface area contributed by atoms with Crippen LogP contribution in [0.3, 0.4) is 0 Å². The van der Waals surface area contributed by atoms with E-state index in [-0.39, 0.29) is 31.4 Å². The second-order valence-corrected chi connectivity index (χ2v) is 4.16. The lowest BCUT2D eigenvalue weighted by Crippen LogP contribution is -2.40. The minimum absolute atomic E-state index is 0.00779. The lowest BCUT2D eigenvalue weighted by Gasteiger charge is -2.23. The fraction of sp³-hybridized carbons (Fsp3) is 0.727. The summed E-state index contributed by atoms with van der Waals surface area (Å²) in [5, 5.41) is 8.73. The Morgan fingerprint density at radius 3 is 2.44 bits per heavy atom. The summed E-state index contributed by atoms with van der Waals surface area (Å²) in [6.07, 6.45) is -0.00779. The smallest absolute Gasteiger partial charge is 0.323 e. The number of hydrogen-bond acceptors (Lipinski definition) is 5. The molecular formula is C11H19NO5S. The van der Waals surface area contributed by atoms with E-state index in [1.807, 2.05) is 0 Å². The second-order valence-electron chi connectivity index (χ2n) is 3.79. The number of amides is 1. The Labute approximate surface area is 112 Å². The molecule has 0 aromatic carbocycles. The van der Waals surface area contributed by atoms with E-state index in [1.165, 1.54) is 0 Å². The average Bonchev–Trinajstić information content (AvgIpc) is 2.32. The first-order valence-electron chi connectivity index (χ1n) is 5.69. The molecule has 0 saturated heterocycles. The fourth-order valence-electron chi connectivity index (χ4n) is 1.28. The lowest BCUT2D eigenvalue weighted by molar-refractivity contribution is -0.148. The Morgan fingerprint density at radius 2 is 2.00 bits per heavy atom. The van der Waals surface area contributed by atoms with Gasteiger partial charge in [-0.05, 0) is 6.92 Å². The van der Waals surface area contributed by atoms with E-state index in [1.54, 1.807) is 13.8 Å². The Bertz CT molecular complexity index is 308. The summed E-state index contributed by atoms with van der Waals surface area (Å²) in [6, 6.07) is 0. The fourth-order valence-corrected chi connectivity index (χ4v) is 1.44. The van der Waals surface area contributed by atoms with Crippen molar-refractivity contribution in [3.63, 3.8) is 0 Å². The highest BCUT2D eigenvalue weighted by Crippen LogP contribution is 2.06. The minimum atomic E-state index is -1.11. The van der Waals surface area contributed by atoms with Crippen molar-refractivity contribution in [1.29, 1.82) is 0 Å². The van der Waals surface area contributed by atoms with Gasteiger partial charge in [0.25, 0.3) is 0 Å².